The van der Waals surface area contributed by atoms with E-state index in [2.05, 4.69) is 5.32 Å². The number of methoxy groups -OCH3 is 3. The lowest BCUT2D eigenvalue weighted by Crippen LogP contribution is -2.30. The molecule has 0 aromatic heterocycles. The van der Waals surface area contributed by atoms with Crippen molar-refractivity contribution in [3.8, 4) is 17.2 Å². The Morgan fingerprint density at radius 3 is 2.14 bits per heavy atom. The molecular formula is C20H22FNO6. The molecule has 0 fully saturated rings. The fourth-order valence-electron chi connectivity index (χ4n) is 2.45. The van der Waals surface area contributed by atoms with Gasteiger partial charge in [-0.25, -0.2) is 9.18 Å². The van der Waals surface area contributed by atoms with Gasteiger partial charge in [0.05, 0.1) is 21.3 Å². The summed E-state index contributed by atoms with van der Waals surface area (Å²) in [7, 11) is 4.31. The molecule has 7 nitrogen and oxygen atoms in total. The summed E-state index contributed by atoms with van der Waals surface area (Å²) in [6, 6.07) is 8.92. The second-order valence-corrected chi connectivity index (χ2v) is 5.71. The Morgan fingerprint density at radius 2 is 1.54 bits per heavy atom. The average molecular weight is 391 g/mol. The molecule has 150 valence electrons. The summed E-state index contributed by atoms with van der Waals surface area (Å²) in [5.74, 6) is -0.528. The Labute approximate surface area is 162 Å². The largest absolute Gasteiger partial charge is 0.496 e. The Hall–Kier alpha value is -3.29. The van der Waals surface area contributed by atoms with E-state index < -0.39 is 18.5 Å². The number of hydrogen-bond acceptors (Lipinski definition) is 6. The maximum atomic E-state index is 12.9. The van der Waals surface area contributed by atoms with E-state index in [1.54, 1.807) is 12.1 Å². The van der Waals surface area contributed by atoms with Crippen LogP contribution in [0.4, 0.5) is 4.39 Å². The molecule has 8 heteroatoms. The molecular weight excluding hydrogens is 369 g/mol. The molecule has 0 radical (unpaired) electrons. The predicted octanol–water partition coefficient (Wildman–Crippen LogP) is 2.37. The molecule has 2 rings (SSSR count). The van der Waals surface area contributed by atoms with Gasteiger partial charge in [0.2, 0.25) is 0 Å². The van der Waals surface area contributed by atoms with Gasteiger partial charge in [-0.1, -0.05) is 12.1 Å². The van der Waals surface area contributed by atoms with Gasteiger partial charge in [-0.05, 0) is 24.1 Å². The molecule has 2 aromatic rings. The lowest BCUT2D eigenvalue weighted by Gasteiger charge is -2.13. The number of benzene rings is 2. The van der Waals surface area contributed by atoms with Crippen LogP contribution in [0.2, 0.25) is 0 Å². The van der Waals surface area contributed by atoms with Gasteiger partial charge in [0.25, 0.3) is 5.91 Å². The van der Waals surface area contributed by atoms with Crippen LogP contribution in [0.25, 0.3) is 0 Å². The molecule has 1 N–H and O–H groups in total. The molecule has 2 aromatic carbocycles. The molecule has 0 unspecified atom stereocenters. The van der Waals surface area contributed by atoms with Gasteiger partial charge in [0.15, 0.2) is 18.1 Å². The first-order valence-electron chi connectivity index (χ1n) is 8.46. The summed E-state index contributed by atoms with van der Waals surface area (Å²) in [6.07, 6.45) is 0.531. The molecule has 1 amide bonds. The van der Waals surface area contributed by atoms with Crippen molar-refractivity contribution in [1.29, 1.82) is 0 Å². The van der Waals surface area contributed by atoms with Gasteiger partial charge >= 0.3 is 5.97 Å². The molecule has 0 atom stereocenters. The van der Waals surface area contributed by atoms with Crippen LogP contribution >= 0.6 is 0 Å². The second kappa shape index (κ2) is 10.1. The second-order valence-electron chi connectivity index (χ2n) is 5.71. The number of carbonyl (C=O) groups is 2. The van der Waals surface area contributed by atoms with E-state index in [1.807, 2.05) is 0 Å². The summed E-state index contributed by atoms with van der Waals surface area (Å²) >= 11 is 0. The fraction of sp³-hybridized carbons (Fsp3) is 0.300. The fourth-order valence-corrected chi connectivity index (χ4v) is 2.45. The highest BCUT2D eigenvalue weighted by molar-refractivity contribution is 5.95. The van der Waals surface area contributed by atoms with Crippen LogP contribution < -0.4 is 19.5 Å². The zero-order valence-electron chi connectivity index (χ0n) is 15.9. The average Bonchev–Trinajstić information content (AvgIpc) is 2.72. The molecule has 0 aliphatic carbocycles. The van der Waals surface area contributed by atoms with Crippen LogP contribution in [0.1, 0.15) is 15.9 Å². The van der Waals surface area contributed by atoms with Crippen molar-refractivity contribution in [3.05, 3.63) is 53.3 Å². The van der Waals surface area contributed by atoms with E-state index >= 15 is 0 Å². The zero-order valence-corrected chi connectivity index (χ0v) is 15.9. The number of hydrogen-bond donors (Lipinski definition) is 1. The SMILES string of the molecule is COc1cc(OC)c(C(=O)OCC(=O)NCCc2ccc(F)cc2)cc1OC. The normalized spacial score (nSPS) is 10.1. The summed E-state index contributed by atoms with van der Waals surface area (Å²) in [4.78, 5) is 24.2. The number of esters is 1. The van der Waals surface area contributed by atoms with Gasteiger partial charge < -0.3 is 24.3 Å². The van der Waals surface area contributed by atoms with E-state index in [1.165, 1.54) is 45.6 Å². The molecule has 0 heterocycles. The lowest BCUT2D eigenvalue weighted by atomic mass is 10.1. The molecule has 0 saturated heterocycles. The van der Waals surface area contributed by atoms with Gasteiger partial charge in [-0.15, -0.1) is 0 Å². The summed E-state index contributed by atoms with van der Waals surface area (Å²) in [5.41, 5.74) is 0.994. The van der Waals surface area contributed by atoms with Crippen molar-refractivity contribution in [3.63, 3.8) is 0 Å². The maximum absolute atomic E-state index is 12.9. The highest BCUT2D eigenvalue weighted by Crippen LogP contribution is 2.34. The van der Waals surface area contributed by atoms with Crippen LogP contribution in [0, 0.1) is 5.82 Å². The van der Waals surface area contributed by atoms with Crippen molar-refractivity contribution in [2.75, 3.05) is 34.5 Å². The number of nitrogens with one attached hydrogen (secondary N) is 1. The highest BCUT2D eigenvalue weighted by Gasteiger charge is 2.19. The number of ether oxygens (including phenoxy) is 4. The van der Waals surface area contributed by atoms with Gasteiger partial charge in [-0.2, -0.15) is 0 Å². The summed E-state index contributed by atoms with van der Waals surface area (Å²) in [6.45, 7) is -0.110. The topological polar surface area (TPSA) is 83.1 Å². The Kier molecular flexibility index (Phi) is 7.62. The number of halogens is 1. The monoisotopic (exact) mass is 391 g/mol. The number of amides is 1. The zero-order chi connectivity index (χ0) is 20.5. The quantitative estimate of drug-likeness (QED) is 0.661. The molecule has 28 heavy (non-hydrogen) atoms. The Bertz CT molecular complexity index is 822. The van der Waals surface area contributed by atoms with Gasteiger partial charge in [-0.3, -0.25) is 4.79 Å². The third-order valence-electron chi connectivity index (χ3n) is 3.91. The lowest BCUT2D eigenvalue weighted by molar-refractivity contribution is -0.124. The number of rotatable bonds is 9. The van der Waals surface area contributed by atoms with E-state index in [4.69, 9.17) is 18.9 Å². The predicted molar refractivity (Wildman–Crippen MR) is 99.5 cm³/mol. The van der Waals surface area contributed by atoms with Crippen LogP contribution in [0.5, 0.6) is 17.2 Å². The minimum absolute atomic E-state index is 0.110. The first-order valence-corrected chi connectivity index (χ1v) is 8.46. The van der Waals surface area contributed by atoms with Crippen LogP contribution in [0.3, 0.4) is 0 Å². The van der Waals surface area contributed by atoms with E-state index in [0.717, 1.165) is 5.56 Å². The van der Waals surface area contributed by atoms with Crippen molar-refractivity contribution >= 4 is 11.9 Å². The Balaban J connectivity index is 1.88. The molecule has 0 saturated carbocycles. The minimum atomic E-state index is -0.730. The molecule has 0 spiro atoms. The molecule has 0 bridgehead atoms. The summed E-state index contributed by atoms with van der Waals surface area (Å²) < 4.78 is 33.4. The minimum Gasteiger partial charge on any atom is -0.496 e. The maximum Gasteiger partial charge on any atom is 0.342 e. The number of carbonyl (C=O) groups excluding carboxylic acids is 2. The van der Waals surface area contributed by atoms with Crippen LogP contribution in [-0.4, -0.2) is 46.4 Å². The van der Waals surface area contributed by atoms with Gasteiger partial charge in [0, 0.05) is 18.7 Å². The first kappa shape index (κ1) is 21.0. The van der Waals surface area contributed by atoms with Crippen molar-refractivity contribution in [2.24, 2.45) is 0 Å². The standard InChI is InChI=1S/C20H22FNO6/c1-25-16-11-18(27-3)17(26-2)10-15(16)20(24)28-12-19(23)22-9-8-13-4-6-14(21)7-5-13/h4-7,10-11H,8-9,12H2,1-3H3,(H,22,23). The van der Waals surface area contributed by atoms with Crippen LogP contribution in [0.15, 0.2) is 36.4 Å². The van der Waals surface area contributed by atoms with E-state index in [-0.39, 0.29) is 17.1 Å². The van der Waals surface area contributed by atoms with E-state index in [0.29, 0.717) is 24.5 Å². The van der Waals surface area contributed by atoms with Gasteiger partial charge in [0.1, 0.15) is 17.1 Å². The van der Waals surface area contributed by atoms with Crippen molar-refractivity contribution < 1.29 is 32.9 Å². The third kappa shape index (κ3) is 5.60. The van der Waals surface area contributed by atoms with Crippen molar-refractivity contribution in [2.45, 2.75) is 6.42 Å². The van der Waals surface area contributed by atoms with Crippen molar-refractivity contribution in [1.82, 2.24) is 5.32 Å². The Morgan fingerprint density at radius 1 is 0.929 bits per heavy atom. The third-order valence-corrected chi connectivity index (χ3v) is 3.91. The van der Waals surface area contributed by atoms with Crippen LogP contribution in [-0.2, 0) is 16.0 Å². The highest BCUT2D eigenvalue weighted by atomic mass is 19.1. The molecule has 0 aliphatic rings. The molecule has 0 aliphatic heterocycles. The smallest absolute Gasteiger partial charge is 0.342 e. The first-order chi connectivity index (χ1) is 13.5. The summed E-state index contributed by atoms with van der Waals surface area (Å²) in [5, 5.41) is 2.64. The van der Waals surface area contributed by atoms with E-state index in [9.17, 15) is 14.0 Å².